The normalized spacial score (nSPS) is 17.2. The highest BCUT2D eigenvalue weighted by Gasteiger charge is 2.48. The van der Waals surface area contributed by atoms with E-state index < -0.39 is 17.7 Å². The van der Waals surface area contributed by atoms with Gasteiger partial charge in [0.25, 0.3) is 11.7 Å². The van der Waals surface area contributed by atoms with Crippen molar-refractivity contribution in [1.29, 1.82) is 0 Å². The third-order valence-corrected chi connectivity index (χ3v) is 6.10. The lowest BCUT2D eigenvalue weighted by molar-refractivity contribution is -0.132. The van der Waals surface area contributed by atoms with Crippen molar-refractivity contribution >= 4 is 23.1 Å². The number of nitrogens with zero attached hydrogens (tertiary/aromatic N) is 1. The monoisotopic (exact) mass is 457 g/mol. The van der Waals surface area contributed by atoms with Crippen LogP contribution in [0.1, 0.15) is 33.9 Å². The van der Waals surface area contributed by atoms with Crippen LogP contribution in [0.5, 0.6) is 11.5 Å². The first kappa shape index (κ1) is 23.1. The number of para-hydroxylation sites is 1. The average molecular weight is 458 g/mol. The highest BCUT2D eigenvalue weighted by Crippen LogP contribution is 2.46. The van der Waals surface area contributed by atoms with Gasteiger partial charge in [-0.15, -0.1) is 0 Å². The fourth-order valence-corrected chi connectivity index (χ4v) is 4.50. The lowest BCUT2D eigenvalue weighted by Crippen LogP contribution is -2.30. The molecule has 1 saturated heterocycles. The molecule has 1 fully saturated rings. The van der Waals surface area contributed by atoms with Gasteiger partial charge in [-0.2, -0.15) is 0 Å². The standard InChI is InChI=1S/C28H27NO5/c1-16-10-12-21(18(3)14-16)29-25(19-8-6-7-9-22(19)33-4)24(27(31)28(29)32)26(30)20-15-17(2)11-13-23(20)34-5/h6-15,25,30H,1-5H3/b26-24+. The minimum absolute atomic E-state index is 0.0154. The lowest BCUT2D eigenvalue weighted by Gasteiger charge is -2.28. The second-order valence-electron chi connectivity index (χ2n) is 8.40. The summed E-state index contributed by atoms with van der Waals surface area (Å²) in [6, 6.07) is 17.3. The molecule has 3 aromatic carbocycles. The molecule has 1 unspecified atom stereocenters. The Morgan fingerprint density at radius 1 is 0.853 bits per heavy atom. The Kier molecular flexibility index (Phi) is 6.16. The van der Waals surface area contributed by atoms with Gasteiger partial charge in [-0.05, 0) is 50.6 Å². The van der Waals surface area contributed by atoms with Crippen LogP contribution < -0.4 is 14.4 Å². The van der Waals surface area contributed by atoms with Crippen LogP contribution in [0, 0.1) is 20.8 Å². The molecule has 0 saturated carbocycles. The predicted molar refractivity (Wildman–Crippen MR) is 131 cm³/mol. The lowest BCUT2D eigenvalue weighted by atomic mass is 9.93. The Hall–Kier alpha value is -4.06. The molecular formula is C28H27NO5. The zero-order valence-electron chi connectivity index (χ0n) is 19.9. The first-order valence-electron chi connectivity index (χ1n) is 10.9. The number of anilines is 1. The van der Waals surface area contributed by atoms with Gasteiger partial charge < -0.3 is 14.6 Å². The number of Topliss-reactive ketones (excluding diaryl/α,β-unsaturated/α-hetero) is 1. The highest BCUT2D eigenvalue weighted by molar-refractivity contribution is 6.51. The zero-order valence-corrected chi connectivity index (χ0v) is 19.9. The van der Waals surface area contributed by atoms with Gasteiger partial charge in [-0.3, -0.25) is 14.5 Å². The number of benzene rings is 3. The summed E-state index contributed by atoms with van der Waals surface area (Å²) in [6.45, 7) is 5.74. The van der Waals surface area contributed by atoms with E-state index in [4.69, 9.17) is 9.47 Å². The topological polar surface area (TPSA) is 76.1 Å². The maximum absolute atomic E-state index is 13.5. The first-order valence-corrected chi connectivity index (χ1v) is 10.9. The van der Waals surface area contributed by atoms with Crippen LogP contribution in [-0.4, -0.2) is 31.0 Å². The molecule has 1 aliphatic rings. The van der Waals surface area contributed by atoms with Crippen molar-refractivity contribution in [1.82, 2.24) is 0 Å². The predicted octanol–water partition coefficient (Wildman–Crippen LogP) is 5.26. The van der Waals surface area contributed by atoms with Crippen LogP contribution in [0.2, 0.25) is 0 Å². The number of rotatable bonds is 5. The zero-order chi connectivity index (χ0) is 24.6. The van der Waals surface area contributed by atoms with Crippen molar-refractivity contribution < 1.29 is 24.2 Å². The summed E-state index contributed by atoms with van der Waals surface area (Å²) in [5.74, 6) is -0.860. The summed E-state index contributed by atoms with van der Waals surface area (Å²) in [6.07, 6.45) is 0. The van der Waals surface area contributed by atoms with Gasteiger partial charge in [-0.25, -0.2) is 0 Å². The molecule has 0 aliphatic carbocycles. The van der Waals surface area contributed by atoms with Gasteiger partial charge in [0, 0.05) is 11.3 Å². The van der Waals surface area contributed by atoms with E-state index >= 15 is 0 Å². The summed E-state index contributed by atoms with van der Waals surface area (Å²) in [5, 5.41) is 11.5. The summed E-state index contributed by atoms with van der Waals surface area (Å²) in [4.78, 5) is 28.4. The minimum atomic E-state index is -0.886. The SMILES string of the molecule is COc1ccc(C)cc1/C(O)=C1\C(=O)C(=O)N(c2ccc(C)cc2C)C1c1ccccc1OC. The number of carbonyl (C=O) groups excluding carboxylic acids is 2. The molecule has 3 aromatic rings. The third-order valence-electron chi connectivity index (χ3n) is 6.10. The van der Waals surface area contributed by atoms with Crippen molar-refractivity contribution in [3.63, 3.8) is 0 Å². The Morgan fingerprint density at radius 3 is 2.18 bits per heavy atom. The van der Waals surface area contributed by atoms with E-state index in [9.17, 15) is 14.7 Å². The molecule has 0 radical (unpaired) electrons. The smallest absolute Gasteiger partial charge is 0.300 e. The molecule has 0 bridgehead atoms. The van der Waals surface area contributed by atoms with E-state index in [1.165, 1.54) is 19.1 Å². The number of amides is 1. The van der Waals surface area contributed by atoms with Crippen LogP contribution in [0.25, 0.3) is 5.76 Å². The average Bonchev–Trinajstić information content (AvgIpc) is 3.08. The molecule has 1 atom stereocenters. The maximum atomic E-state index is 13.5. The Bertz CT molecular complexity index is 1320. The second kappa shape index (κ2) is 9.06. The third kappa shape index (κ3) is 3.81. The molecule has 1 heterocycles. The van der Waals surface area contributed by atoms with Crippen molar-refractivity contribution in [3.05, 3.63) is 94.1 Å². The molecule has 174 valence electrons. The largest absolute Gasteiger partial charge is 0.507 e. The number of aryl methyl sites for hydroxylation is 3. The van der Waals surface area contributed by atoms with Gasteiger partial charge in [0.2, 0.25) is 0 Å². The molecule has 34 heavy (non-hydrogen) atoms. The summed E-state index contributed by atoms with van der Waals surface area (Å²) < 4.78 is 11.0. The number of ether oxygens (including phenoxy) is 2. The molecular weight excluding hydrogens is 430 g/mol. The van der Waals surface area contributed by atoms with Gasteiger partial charge in [0.15, 0.2) is 0 Å². The van der Waals surface area contributed by atoms with Crippen LogP contribution in [-0.2, 0) is 9.59 Å². The number of carbonyl (C=O) groups is 2. The maximum Gasteiger partial charge on any atom is 0.300 e. The van der Waals surface area contributed by atoms with Gasteiger partial charge in [0.05, 0.1) is 31.4 Å². The van der Waals surface area contributed by atoms with Gasteiger partial charge in [0.1, 0.15) is 17.3 Å². The number of hydrogen-bond acceptors (Lipinski definition) is 5. The second-order valence-corrected chi connectivity index (χ2v) is 8.40. The number of aliphatic hydroxyl groups is 1. The molecule has 6 nitrogen and oxygen atoms in total. The van der Waals surface area contributed by atoms with E-state index in [0.717, 1.165) is 16.7 Å². The highest BCUT2D eigenvalue weighted by atomic mass is 16.5. The summed E-state index contributed by atoms with van der Waals surface area (Å²) in [5.41, 5.74) is 4.28. The Balaban J connectivity index is 2.05. The van der Waals surface area contributed by atoms with Crippen LogP contribution in [0.4, 0.5) is 5.69 Å². The van der Waals surface area contributed by atoms with Gasteiger partial charge in [-0.1, -0.05) is 47.5 Å². The van der Waals surface area contributed by atoms with Crippen molar-refractivity contribution in [2.45, 2.75) is 26.8 Å². The van der Waals surface area contributed by atoms with E-state index in [0.29, 0.717) is 28.3 Å². The molecule has 1 N–H and O–H groups in total. The summed E-state index contributed by atoms with van der Waals surface area (Å²) >= 11 is 0. The number of methoxy groups -OCH3 is 2. The van der Waals surface area contributed by atoms with Gasteiger partial charge >= 0.3 is 0 Å². The van der Waals surface area contributed by atoms with Crippen molar-refractivity contribution in [3.8, 4) is 11.5 Å². The molecule has 0 aromatic heterocycles. The number of aliphatic hydroxyl groups excluding tert-OH is 1. The number of ketones is 1. The van der Waals surface area contributed by atoms with Crippen LogP contribution in [0.3, 0.4) is 0 Å². The Labute approximate surface area is 199 Å². The van der Waals surface area contributed by atoms with Crippen molar-refractivity contribution in [2.75, 3.05) is 19.1 Å². The molecule has 1 aliphatic heterocycles. The van der Waals surface area contributed by atoms with E-state index in [1.54, 1.807) is 24.3 Å². The molecule has 1 amide bonds. The van der Waals surface area contributed by atoms with Crippen molar-refractivity contribution in [2.24, 2.45) is 0 Å². The fraction of sp³-hybridized carbons (Fsp3) is 0.214. The Morgan fingerprint density at radius 2 is 1.50 bits per heavy atom. The van der Waals surface area contributed by atoms with E-state index in [-0.39, 0.29) is 11.3 Å². The molecule has 0 spiro atoms. The minimum Gasteiger partial charge on any atom is -0.507 e. The van der Waals surface area contributed by atoms with Crippen LogP contribution in [0.15, 0.2) is 66.2 Å². The number of hydrogen-bond donors (Lipinski definition) is 1. The summed E-state index contributed by atoms with van der Waals surface area (Å²) in [7, 11) is 3.03. The molecule has 6 heteroatoms. The fourth-order valence-electron chi connectivity index (χ4n) is 4.50. The molecule has 4 rings (SSSR count). The van der Waals surface area contributed by atoms with Crippen LogP contribution >= 0.6 is 0 Å². The quantitative estimate of drug-likeness (QED) is 0.322. The first-order chi connectivity index (χ1) is 16.3. The van der Waals surface area contributed by atoms with E-state index in [2.05, 4.69) is 0 Å². The van der Waals surface area contributed by atoms with E-state index in [1.807, 2.05) is 57.2 Å².